The van der Waals surface area contributed by atoms with Gasteiger partial charge in [-0.3, -0.25) is 0 Å². The van der Waals surface area contributed by atoms with E-state index in [-0.39, 0.29) is 6.10 Å². The van der Waals surface area contributed by atoms with E-state index in [0.717, 1.165) is 31.2 Å². The van der Waals surface area contributed by atoms with E-state index in [0.29, 0.717) is 28.4 Å². The van der Waals surface area contributed by atoms with Crippen molar-refractivity contribution in [2.75, 3.05) is 7.11 Å². The molecule has 0 atom stereocenters. The Bertz CT molecular complexity index is 432. The van der Waals surface area contributed by atoms with Crippen molar-refractivity contribution in [1.82, 2.24) is 5.32 Å². The molecule has 2 rings (SSSR count). The zero-order valence-electron chi connectivity index (χ0n) is 11.0. The predicted octanol–water partition coefficient (Wildman–Crippen LogP) is 3.40. The summed E-state index contributed by atoms with van der Waals surface area (Å²) >= 11 is 12.3. The number of methoxy groups -OCH3 is 1. The second kappa shape index (κ2) is 6.80. The Morgan fingerprint density at radius 2 is 1.89 bits per heavy atom. The quantitative estimate of drug-likeness (QED) is 0.896. The molecule has 1 aromatic carbocycles. The second-order valence-corrected chi connectivity index (χ2v) is 5.78. The summed E-state index contributed by atoms with van der Waals surface area (Å²) in [7, 11) is 1.57. The molecule has 1 aromatic rings. The number of rotatable bonds is 4. The average molecular weight is 304 g/mol. The van der Waals surface area contributed by atoms with Crippen molar-refractivity contribution in [3.63, 3.8) is 0 Å². The van der Waals surface area contributed by atoms with Crippen LogP contribution in [0.4, 0.5) is 0 Å². The fourth-order valence-electron chi connectivity index (χ4n) is 2.40. The fourth-order valence-corrected chi connectivity index (χ4v) is 2.88. The van der Waals surface area contributed by atoms with E-state index >= 15 is 0 Å². The number of benzene rings is 1. The van der Waals surface area contributed by atoms with Crippen LogP contribution >= 0.6 is 23.2 Å². The summed E-state index contributed by atoms with van der Waals surface area (Å²) in [6, 6.07) is 4.03. The number of halogens is 2. The summed E-state index contributed by atoms with van der Waals surface area (Å²) in [6.07, 6.45) is 3.62. The lowest BCUT2D eigenvalue weighted by atomic mass is 9.93. The third-order valence-corrected chi connectivity index (χ3v) is 4.25. The summed E-state index contributed by atoms with van der Waals surface area (Å²) in [4.78, 5) is 0. The molecule has 0 amide bonds. The lowest BCUT2D eigenvalue weighted by Gasteiger charge is -2.26. The van der Waals surface area contributed by atoms with Gasteiger partial charge in [-0.15, -0.1) is 0 Å². The molecule has 1 fully saturated rings. The van der Waals surface area contributed by atoms with Crippen LogP contribution in [0.1, 0.15) is 31.2 Å². The van der Waals surface area contributed by atoms with Crippen molar-refractivity contribution in [2.45, 2.75) is 44.4 Å². The first-order chi connectivity index (χ1) is 9.10. The van der Waals surface area contributed by atoms with Crippen LogP contribution in [0.25, 0.3) is 0 Å². The molecule has 0 aromatic heterocycles. The Labute approximate surface area is 123 Å². The van der Waals surface area contributed by atoms with Gasteiger partial charge in [0.1, 0.15) is 5.75 Å². The summed E-state index contributed by atoms with van der Waals surface area (Å²) in [6.45, 7) is 0.684. The van der Waals surface area contributed by atoms with E-state index in [4.69, 9.17) is 27.9 Å². The number of aliphatic hydroxyl groups excluding tert-OH is 1. The van der Waals surface area contributed by atoms with Crippen molar-refractivity contribution in [3.05, 3.63) is 27.7 Å². The number of nitrogens with one attached hydrogen (secondary N) is 1. The molecule has 0 spiro atoms. The Morgan fingerprint density at radius 1 is 1.21 bits per heavy atom. The SMILES string of the molecule is COc1cc(Cl)c(CNC2CCC(O)CC2)cc1Cl. The van der Waals surface area contributed by atoms with Crippen molar-refractivity contribution in [2.24, 2.45) is 0 Å². The van der Waals surface area contributed by atoms with E-state index in [9.17, 15) is 5.11 Å². The van der Waals surface area contributed by atoms with E-state index in [1.54, 1.807) is 13.2 Å². The summed E-state index contributed by atoms with van der Waals surface area (Å²) in [5.74, 6) is 0.594. The standard InChI is InChI=1S/C14H19Cl2NO2/c1-19-14-7-12(15)9(6-13(14)16)8-17-10-2-4-11(18)5-3-10/h6-7,10-11,17-18H,2-5,8H2,1H3. The van der Waals surface area contributed by atoms with Gasteiger partial charge in [0, 0.05) is 23.7 Å². The van der Waals surface area contributed by atoms with Gasteiger partial charge < -0.3 is 15.2 Å². The molecule has 5 heteroatoms. The zero-order valence-corrected chi connectivity index (χ0v) is 12.5. The van der Waals surface area contributed by atoms with E-state index < -0.39 is 0 Å². The lowest BCUT2D eigenvalue weighted by Crippen LogP contribution is -2.34. The molecule has 19 heavy (non-hydrogen) atoms. The molecule has 106 valence electrons. The first-order valence-corrected chi connectivity index (χ1v) is 7.29. The first-order valence-electron chi connectivity index (χ1n) is 6.53. The smallest absolute Gasteiger partial charge is 0.138 e. The van der Waals surface area contributed by atoms with E-state index in [1.807, 2.05) is 6.07 Å². The number of hydrogen-bond donors (Lipinski definition) is 2. The van der Waals surface area contributed by atoms with Crippen LogP contribution < -0.4 is 10.1 Å². The van der Waals surface area contributed by atoms with E-state index in [2.05, 4.69) is 5.32 Å². The highest BCUT2D eigenvalue weighted by atomic mass is 35.5. The van der Waals surface area contributed by atoms with Crippen LogP contribution in [0.5, 0.6) is 5.75 Å². The van der Waals surface area contributed by atoms with Gasteiger partial charge in [-0.05, 0) is 37.3 Å². The van der Waals surface area contributed by atoms with Crippen molar-refractivity contribution in [3.8, 4) is 5.75 Å². The minimum atomic E-state index is -0.128. The highest BCUT2D eigenvalue weighted by molar-refractivity contribution is 6.34. The monoisotopic (exact) mass is 303 g/mol. The van der Waals surface area contributed by atoms with Crippen LogP contribution in [0, 0.1) is 0 Å². The fraction of sp³-hybridized carbons (Fsp3) is 0.571. The molecule has 1 aliphatic rings. The number of ether oxygens (including phenoxy) is 1. The molecule has 3 nitrogen and oxygen atoms in total. The molecule has 1 aliphatic carbocycles. The molecule has 0 unspecified atom stereocenters. The van der Waals surface area contributed by atoms with Crippen LogP contribution in [0.2, 0.25) is 10.0 Å². The average Bonchev–Trinajstić information content (AvgIpc) is 2.41. The van der Waals surface area contributed by atoms with Crippen LogP contribution in [0.3, 0.4) is 0 Å². The zero-order chi connectivity index (χ0) is 13.8. The van der Waals surface area contributed by atoms with Crippen molar-refractivity contribution >= 4 is 23.2 Å². The van der Waals surface area contributed by atoms with Crippen molar-refractivity contribution < 1.29 is 9.84 Å². The maximum Gasteiger partial charge on any atom is 0.138 e. The third-order valence-electron chi connectivity index (χ3n) is 3.60. The van der Waals surface area contributed by atoms with Gasteiger partial charge in [0.25, 0.3) is 0 Å². The maximum absolute atomic E-state index is 9.47. The first kappa shape index (κ1) is 14.9. The minimum absolute atomic E-state index is 0.128. The Morgan fingerprint density at radius 3 is 2.53 bits per heavy atom. The molecule has 0 bridgehead atoms. The highest BCUT2D eigenvalue weighted by Gasteiger charge is 2.19. The number of aliphatic hydroxyl groups is 1. The Balaban J connectivity index is 1.94. The lowest BCUT2D eigenvalue weighted by molar-refractivity contribution is 0.116. The molecule has 0 heterocycles. The van der Waals surface area contributed by atoms with Crippen LogP contribution in [-0.2, 0) is 6.54 Å². The molecular weight excluding hydrogens is 285 g/mol. The topological polar surface area (TPSA) is 41.5 Å². The van der Waals surface area contributed by atoms with Gasteiger partial charge in [-0.25, -0.2) is 0 Å². The predicted molar refractivity (Wildman–Crippen MR) is 78.1 cm³/mol. The summed E-state index contributed by atoms with van der Waals surface area (Å²) < 4.78 is 5.12. The molecule has 0 aliphatic heterocycles. The van der Waals surface area contributed by atoms with Gasteiger partial charge in [-0.2, -0.15) is 0 Å². The summed E-state index contributed by atoms with van der Waals surface area (Å²) in [5.41, 5.74) is 0.971. The highest BCUT2D eigenvalue weighted by Crippen LogP contribution is 2.31. The van der Waals surface area contributed by atoms with Gasteiger partial charge in [0.05, 0.1) is 18.2 Å². The van der Waals surface area contributed by atoms with Gasteiger partial charge in [0.15, 0.2) is 0 Å². The van der Waals surface area contributed by atoms with Gasteiger partial charge in [0.2, 0.25) is 0 Å². The summed E-state index contributed by atoms with van der Waals surface area (Å²) in [5, 5.41) is 14.2. The maximum atomic E-state index is 9.47. The molecular formula is C14H19Cl2NO2. The largest absolute Gasteiger partial charge is 0.495 e. The molecule has 0 saturated heterocycles. The third kappa shape index (κ3) is 3.99. The molecule has 2 N–H and O–H groups in total. The Hall–Kier alpha value is -0.480. The Kier molecular flexibility index (Phi) is 5.34. The minimum Gasteiger partial charge on any atom is -0.495 e. The van der Waals surface area contributed by atoms with Gasteiger partial charge in [-0.1, -0.05) is 23.2 Å². The van der Waals surface area contributed by atoms with Gasteiger partial charge >= 0.3 is 0 Å². The normalized spacial score (nSPS) is 23.4. The van der Waals surface area contributed by atoms with Crippen LogP contribution in [-0.4, -0.2) is 24.4 Å². The van der Waals surface area contributed by atoms with E-state index in [1.165, 1.54) is 0 Å². The van der Waals surface area contributed by atoms with Crippen LogP contribution in [0.15, 0.2) is 12.1 Å². The van der Waals surface area contributed by atoms with Crippen molar-refractivity contribution in [1.29, 1.82) is 0 Å². The number of hydrogen-bond acceptors (Lipinski definition) is 3. The molecule has 1 saturated carbocycles. The molecule has 0 radical (unpaired) electrons. The second-order valence-electron chi connectivity index (χ2n) is 4.96.